The van der Waals surface area contributed by atoms with Crippen LogP contribution >= 0.6 is 0 Å². The second-order valence-electron chi connectivity index (χ2n) is 5.87. The minimum atomic E-state index is -0.594. The van der Waals surface area contributed by atoms with E-state index in [-0.39, 0.29) is 11.4 Å². The molecule has 2 aliphatic carbocycles. The van der Waals surface area contributed by atoms with E-state index in [9.17, 15) is 4.79 Å². The third-order valence-corrected chi connectivity index (χ3v) is 3.90. The molecule has 15 heavy (non-hydrogen) atoms. The number of rotatable bonds is 2. The summed E-state index contributed by atoms with van der Waals surface area (Å²) < 4.78 is 0. The zero-order valence-electron chi connectivity index (χ0n) is 9.81. The Morgan fingerprint density at radius 2 is 2.07 bits per heavy atom. The molecule has 3 N–H and O–H groups in total. The Hall–Kier alpha value is -0.570. The maximum atomic E-state index is 12.1. The molecule has 0 aliphatic heterocycles. The lowest BCUT2D eigenvalue weighted by Gasteiger charge is -2.36. The highest BCUT2D eigenvalue weighted by Crippen LogP contribution is 2.36. The molecule has 0 saturated heterocycles. The standard InChI is InChI=1S/C12H22N2O/c1-9-4-3-5-12(13,8-9)10(15)14-11(2)6-7-11/h9H,3-8,13H2,1-2H3,(H,14,15). The number of amides is 1. The summed E-state index contributed by atoms with van der Waals surface area (Å²) in [6.07, 6.45) is 6.19. The van der Waals surface area contributed by atoms with Crippen LogP contribution in [-0.2, 0) is 4.79 Å². The summed E-state index contributed by atoms with van der Waals surface area (Å²) in [6, 6.07) is 0. The Balaban J connectivity index is 1.97. The van der Waals surface area contributed by atoms with Crippen molar-refractivity contribution in [2.24, 2.45) is 11.7 Å². The minimum absolute atomic E-state index is 0.0597. The lowest BCUT2D eigenvalue weighted by molar-refractivity contribution is -0.128. The molecule has 0 bridgehead atoms. The van der Waals surface area contributed by atoms with Crippen molar-refractivity contribution in [1.29, 1.82) is 0 Å². The number of carbonyl (C=O) groups excluding carboxylic acids is 1. The highest BCUT2D eigenvalue weighted by Gasteiger charge is 2.45. The van der Waals surface area contributed by atoms with Gasteiger partial charge in [-0.15, -0.1) is 0 Å². The Kier molecular flexibility index (Phi) is 2.53. The van der Waals surface area contributed by atoms with Gasteiger partial charge in [0.15, 0.2) is 0 Å². The largest absolute Gasteiger partial charge is 0.349 e. The normalized spacial score (nSPS) is 38.5. The first-order valence-electron chi connectivity index (χ1n) is 6.05. The van der Waals surface area contributed by atoms with Crippen molar-refractivity contribution >= 4 is 5.91 Å². The Bertz CT molecular complexity index is 273. The molecule has 2 saturated carbocycles. The summed E-state index contributed by atoms with van der Waals surface area (Å²) in [7, 11) is 0. The first-order chi connectivity index (χ1) is 6.94. The zero-order valence-corrected chi connectivity index (χ0v) is 9.81. The number of nitrogens with two attached hydrogens (primary N) is 1. The molecular formula is C12H22N2O. The van der Waals surface area contributed by atoms with E-state index in [1.54, 1.807) is 0 Å². The first kappa shape index (κ1) is 10.9. The molecule has 2 rings (SSSR count). The average Bonchev–Trinajstić information content (AvgIpc) is 2.82. The van der Waals surface area contributed by atoms with Crippen LogP contribution in [0.15, 0.2) is 0 Å². The fourth-order valence-electron chi connectivity index (χ4n) is 2.51. The Morgan fingerprint density at radius 3 is 2.60 bits per heavy atom. The van der Waals surface area contributed by atoms with Gasteiger partial charge in [-0.1, -0.05) is 19.8 Å². The SMILES string of the molecule is CC1CCCC(N)(C(=O)NC2(C)CC2)C1. The van der Waals surface area contributed by atoms with E-state index in [2.05, 4.69) is 19.2 Å². The van der Waals surface area contributed by atoms with Crippen LogP contribution in [0.3, 0.4) is 0 Å². The summed E-state index contributed by atoms with van der Waals surface area (Å²) in [4.78, 5) is 12.1. The van der Waals surface area contributed by atoms with E-state index in [1.165, 1.54) is 6.42 Å². The van der Waals surface area contributed by atoms with Gasteiger partial charge in [0, 0.05) is 5.54 Å². The van der Waals surface area contributed by atoms with Gasteiger partial charge >= 0.3 is 0 Å². The van der Waals surface area contributed by atoms with Gasteiger partial charge in [-0.05, 0) is 38.5 Å². The highest BCUT2D eigenvalue weighted by molar-refractivity contribution is 5.87. The summed E-state index contributed by atoms with van der Waals surface area (Å²) in [5.41, 5.74) is 5.68. The molecule has 3 heteroatoms. The van der Waals surface area contributed by atoms with E-state index >= 15 is 0 Å². The molecule has 2 unspecified atom stereocenters. The maximum absolute atomic E-state index is 12.1. The predicted octanol–water partition coefficient (Wildman–Crippen LogP) is 1.56. The van der Waals surface area contributed by atoms with Gasteiger partial charge in [-0.3, -0.25) is 4.79 Å². The Morgan fingerprint density at radius 1 is 1.40 bits per heavy atom. The van der Waals surface area contributed by atoms with Crippen molar-refractivity contribution < 1.29 is 4.79 Å². The van der Waals surface area contributed by atoms with Gasteiger partial charge in [0.2, 0.25) is 5.91 Å². The van der Waals surface area contributed by atoms with Crippen LogP contribution in [0.4, 0.5) is 0 Å². The Labute approximate surface area is 91.8 Å². The van der Waals surface area contributed by atoms with Crippen LogP contribution < -0.4 is 11.1 Å². The fraction of sp³-hybridized carbons (Fsp3) is 0.917. The lowest BCUT2D eigenvalue weighted by Crippen LogP contribution is -2.58. The van der Waals surface area contributed by atoms with Crippen LogP contribution in [0, 0.1) is 5.92 Å². The van der Waals surface area contributed by atoms with Gasteiger partial charge in [0.05, 0.1) is 5.54 Å². The number of nitrogens with one attached hydrogen (secondary N) is 1. The molecule has 0 aromatic carbocycles. The highest BCUT2D eigenvalue weighted by atomic mass is 16.2. The predicted molar refractivity (Wildman–Crippen MR) is 60.3 cm³/mol. The van der Waals surface area contributed by atoms with Crippen molar-refractivity contribution in [3.63, 3.8) is 0 Å². The quantitative estimate of drug-likeness (QED) is 0.726. The van der Waals surface area contributed by atoms with Crippen LogP contribution in [0.2, 0.25) is 0 Å². The van der Waals surface area contributed by atoms with E-state index in [0.29, 0.717) is 5.92 Å². The molecule has 2 atom stereocenters. The van der Waals surface area contributed by atoms with E-state index in [1.807, 2.05) is 0 Å². The van der Waals surface area contributed by atoms with Crippen LogP contribution in [0.1, 0.15) is 52.4 Å². The van der Waals surface area contributed by atoms with Crippen molar-refractivity contribution in [3.05, 3.63) is 0 Å². The molecule has 1 amide bonds. The van der Waals surface area contributed by atoms with Crippen LogP contribution in [0.5, 0.6) is 0 Å². The van der Waals surface area contributed by atoms with Crippen LogP contribution in [-0.4, -0.2) is 17.0 Å². The molecular weight excluding hydrogens is 188 g/mol. The molecule has 2 fully saturated rings. The second kappa shape index (κ2) is 3.48. The molecule has 0 aromatic rings. The monoisotopic (exact) mass is 210 g/mol. The summed E-state index contributed by atoms with van der Waals surface area (Å²) in [6.45, 7) is 4.29. The number of hydrogen-bond acceptors (Lipinski definition) is 2. The second-order valence-corrected chi connectivity index (χ2v) is 5.87. The van der Waals surface area contributed by atoms with Gasteiger partial charge < -0.3 is 11.1 Å². The average molecular weight is 210 g/mol. The third kappa shape index (κ3) is 2.33. The van der Waals surface area contributed by atoms with Gasteiger partial charge in [0.25, 0.3) is 0 Å². The molecule has 0 spiro atoms. The van der Waals surface area contributed by atoms with Gasteiger partial charge in [0.1, 0.15) is 0 Å². The lowest BCUT2D eigenvalue weighted by atomic mass is 9.76. The van der Waals surface area contributed by atoms with Crippen molar-refractivity contribution in [2.45, 2.75) is 63.5 Å². The number of hydrogen-bond donors (Lipinski definition) is 2. The zero-order chi connectivity index (χ0) is 11.1. The molecule has 0 radical (unpaired) electrons. The molecule has 86 valence electrons. The molecule has 0 heterocycles. The molecule has 2 aliphatic rings. The smallest absolute Gasteiger partial charge is 0.240 e. The van der Waals surface area contributed by atoms with Crippen molar-refractivity contribution in [2.75, 3.05) is 0 Å². The topological polar surface area (TPSA) is 55.1 Å². The van der Waals surface area contributed by atoms with Crippen LogP contribution in [0.25, 0.3) is 0 Å². The summed E-state index contributed by atoms with van der Waals surface area (Å²) in [5, 5.41) is 3.10. The van der Waals surface area contributed by atoms with E-state index in [4.69, 9.17) is 5.73 Å². The molecule has 3 nitrogen and oxygen atoms in total. The third-order valence-electron chi connectivity index (χ3n) is 3.90. The van der Waals surface area contributed by atoms with E-state index < -0.39 is 5.54 Å². The van der Waals surface area contributed by atoms with Gasteiger partial charge in [-0.25, -0.2) is 0 Å². The van der Waals surface area contributed by atoms with Crippen molar-refractivity contribution in [3.8, 4) is 0 Å². The first-order valence-corrected chi connectivity index (χ1v) is 6.05. The van der Waals surface area contributed by atoms with E-state index in [0.717, 1.165) is 32.1 Å². The van der Waals surface area contributed by atoms with Crippen molar-refractivity contribution in [1.82, 2.24) is 5.32 Å². The number of carbonyl (C=O) groups is 1. The maximum Gasteiger partial charge on any atom is 0.240 e. The minimum Gasteiger partial charge on any atom is -0.349 e. The molecule has 0 aromatic heterocycles. The fourth-order valence-corrected chi connectivity index (χ4v) is 2.51. The summed E-state index contributed by atoms with van der Waals surface area (Å²) >= 11 is 0. The van der Waals surface area contributed by atoms with Gasteiger partial charge in [-0.2, -0.15) is 0 Å². The summed E-state index contributed by atoms with van der Waals surface area (Å²) in [5.74, 6) is 0.663.